The van der Waals surface area contributed by atoms with Crippen molar-refractivity contribution in [3.8, 4) is 5.88 Å². The van der Waals surface area contributed by atoms with E-state index in [2.05, 4.69) is 0 Å². The molecule has 0 bridgehead atoms. The summed E-state index contributed by atoms with van der Waals surface area (Å²) < 4.78 is 7.70. The first-order chi connectivity index (χ1) is 10.2. The van der Waals surface area contributed by atoms with Crippen LogP contribution in [0.5, 0.6) is 0 Å². The van der Waals surface area contributed by atoms with E-state index in [4.69, 9.17) is 16.0 Å². The summed E-state index contributed by atoms with van der Waals surface area (Å²) in [6, 6.07) is 16.3. The van der Waals surface area contributed by atoms with Gasteiger partial charge in [0, 0.05) is 22.7 Å². The number of fused-ring (bicyclic) bond motifs is 2. The Morgan fingerprint density at radius 1 is 1.00 bits per heavy atom. The zero-order chi connectivity index (χ0) is 14.4. The number of rotatable bonds is 1. The van der Waals surface area contributed by atoms with E-state index in [-0.39, 0.29) is 5.43 Å². The van der Waals surface area contributed by atoms with E-state index in [0.29, 0.717) is 21.9 Å². The molecule has 4 heteroatoms. The fourth-order valence-corrected chi connectivity index (χ4v) is 2.70. The molecule has 2 aromatic heterocycles. The SMILES string of the molecule is O=c1cc(-n2ccc3cc(Cl)ccc32)oc2ccccc12. The predicted molar refractivity (Wildman–Crippen MR) is 84.3 cm³/mol. The first-order valence-corrected chi connectivity index (χ1v) is 6.90. The first kappa shape index (κ1) is 12.2. The summed E-state index contributed by atoms with van der Waals surface area (Å²) >= 11 is 5.99. The minimum Gasteiger partial charge on any atom is -0.440 e. The smallest absolute Gasteiger partial charge is 0.208 e. The summed E-state index contributed by atoms with van der Waals surface area (Å²) in [4.78, 5) is 12.2. The number of nitrogens with zero attached hydrogens (tertiary/aromatic N) is 1. The normalized spacial score (nSPS) is 11.3. The lowest BCUT2D eigenvalue weighted by Gasteiger charge is -2.05. The fourth-order valence-electron chi connectivity index (χ4n) is 2.52. The van der Waals surface area contributed by atoms with Gasteiger partial charge >= 0.3 is 0 Å². The third-order valence-electron chi connectivity index (χ3n) is 3.51. The monoisotopic (exact) mass is 295 g/mol. The lowest BCUT2D eigenvalue weighted by molar-refractivity contribution is 0.573. The Labute approximate surface area is 125 Å². The maximum absolute atomic E-state index is 12.2. The fraction of sp³-hybridized carbons (Fsp3) is 0. The summed E-state index contributed by atoms with van der Waals surface area (Å²) in [6.45, 7) is 0. The summed E-state index contributed by atoms with van der Waals surface area (Å²) in [5.74, 6) is 0.496. The lowest BCUT2D eigenvalue weighted by atomic mass is 10.2. The Morgan fingerprint density at radius 3 is 2.76 bits per heavy atom. The molecule has 102 valence electrons. The molecule has 0 fully saturated rings. The minimum atomic E-state index is -0.0531. The molecule has 2 heterocycles. The van der Waals surface area contributed by atoms with Gasteiger partial charge in [-0.2, -0.15) is 0 Å². The second-order valence-electron chi connectivity index (χ2n) is 4.83. The van der Waals surface area contributed by atoms with Gasteiger partial charge in [0.15, 0.2) is 5.43 Å². The summed E-state index contributed by atoms with van der Waals surface area (Å²) in [5, 5.41) is 2.26. The van der Waals surface area contributed by atoms with E-state index in [1.807, 2.05) is 47.2 Å². The molecule has 0 saturated carbocycles. The molecular formula is C17H10ClNO2. The van der Waals surface area contributed by atoms with Gasteiger partial charge in [0.2, 0.25) is 5.88 Å². The molecule has 2 aromatic carbocycles. The molecule has 0 aliphatic carbocycles. The number of halogens is 1. The summed E-state index contributed by atoms with van der Waals surface area (Å²) in [6.07, 6.45) is 1.87. The van der Waals surface area contributed by atoms with Crippen molar-refractivity contribution in [2.24, 2.45) is 0 Å². The molecule has 4 aromatic rings. The highest BCUT2D eigenvalue weighted by Crippen LogP contribution is 2.24. The van der Waals surface area contributed by atoms with E-state index in [9.17, 15) is 4.79 Å². The van der Waals surface area contributed by atoms with Crippen molar-refractivity contribution in [3.05, 3.63) is 76.0 Å². The molecule has 0 radical (unpaired) electrons. The second kappa shape index (κ2) is 4.50. The summed E-state index contributed by atoms with van der Waals surface area (Å²) in [5.41, 5.74) is 1.47. The van der Waals surface area contributed by atoms with Gasteiger partial charge in [-0.3, -0.25) is 9.36 Å². The molecule has 0 unspecified atom stereocenters. The van der Waals surface area contributed by atoms with E-state index in [1.54, 1.807) is 12.1 Å². The van der Waals surface area contributed by atoms with Gasteiger partial charge in [-0.15, -0.1) is 0 Å². The Kier molecular flexibility index (Phi) is 2.62. The first-order valence-electron chi connectivity index (χ1n) is 6.52. The Bertz CT molecular complexity index is 1030. The van der Waals surface area contributed by atoms with Crippen LogP contribution in [0.1, 0.15) is 0 Å². The van der Waals surface area contributed by atoms with Crippen molar-refractivity contribution < 1.29 is 4.42 Å². The van der Waals surface area contributed by atoms with Crippen LogP contribution < -0.4 is 5.43 Å². The van der Waals surface area contributed by atoms with E-state index >= 15 is 0 Å². The molecule has 3 nitrogen and oxygen atoms in total. The van der Waals surface area contributed by atoms with Gasteiger partial charge in [-0.25, -0.2) is 0 Å². The number of aromatic nitrogens is 1. The maximum atomic E-state index is 12.2. The third-order valence-corrected chi connectivity index (χ3v) is 3.75. The number of hydrogen-bond donors (Lipinski definition) is 0. The highest BCUT2D eigenvalue weighted by molar-refractivity contribution is 6.31. The number of benzene rings is 2. The topological polar surface area (TPSA) is 35.1 Å². The van der Waals surface area contributed by atoms with Gasteiger partial charge < -0.3 is 4.42 Å². The van der Waals surface area contributed by atoms with Gasteiger partial charge in [-0.1, -0.05) is 23.7 Å². The zero-order valence-corrected chi connectivity index (χ0v) is 11.7. The van der Waals surface area contributed by atoms with Crippen molar-refractivity contribution in [1.29, 1.82) is 0 Å². The Morgan fingerprint density at radius 2 is 1.86 bits per heavy atom. The van der Waals surface area contributed by atoms with Crippen LogP contribution in [-0.2, 0) is 0 Å². The highest BCUT2D eigenvalue weighted by atomic mass is 35.5. The maximum Gasteiger partial charge on any atom is 0.208 e. The van der Waals surface area contributed by atoms with Crippen LogP contribution in [0.2, 0.25) is 5.02 Å². The van der Waals surface area contributed by atoms with Gasteiger partial charge in [0.05, 0.1) is 10.9 Å². The number of hydrogen-bond acceptors (Lipinski definition) is 2. The molecule has 0 atom stereocenters. The van der Waals surface area contributed by atoms with Crippen molar-refractivity contribution in [2.45, 2.75) is 0 Å². The average Bonchev–Trinajstić information content (AvgIpc) is 2.90. The molecular weight excluding hydrogens is 286 g/mol. The van der Waals surface area contributed by atoms with Gasteiger partial charge in [0.1, 0.15) is 5.58 Å². The average molecular weight is 296 g/mol. The second-order valence-corrected chi connectivity index (χ2v) is 5.27. The molecule has 0 aliphatic heterocycles. The van der Waals surface area contributed by atoms with Crippen LogP contribution >= 0.6 is 11.6 Å². The van der Waals surface area contributed by atoms with Crippen molar-refractivity contribution >= 4 is 33.5 Å². The van der Waals surface area contributed by atoms with Crippen molar-refractivity contribution in [3.63, 3.8) is 0 Å². The van der Waals surface area contributed by atoms with E-state index in [0.717, 1.165) is 10.9 Å². The molecule has 0 spiro atoms. The minimum absolute atomic E-state index is 0.0531. The van der Waals surface area contributed by atoms with E-state index in [1.165, 1.54) is 6.07 Å². The van der Waals surface area contributed by atoms with E-state index < -0.39 is 0 Å². The molecule has 0 N–H and O–H groups in total. The predicted octanol–water partition coefficient (Wildman–Crippen LogP) is 4.39. The van der Waals surface area contributed by atoms with Crippen LogP contribution in [0.3, 0.4) is 0 Å². The summed E-state index contributed by atoms with van der Waals surface area (Å²) in [7, 11) is 0. The van der Waals surface area contributed by atoms with Crippen LogP contribution in [0.25, 0.3) is 27.8 Å². The van der Waals surface area contributed by atoms with Crippen LogP contribution in [-0.4, -0.2) is 4.57 Å². The zero-order valence-electron chi connectivity index (χ0n) is 10.9. The Hall–Kier alpha value is -2.52. The molecule has 21 heavy (non-hydrogen) atoms. The molecule has 0 saturated heterocycles. The largest absolute Gasteiger partial charge is 0.440 e. The van der Waals surface area contributed by atoms with Crippen LogP contribution in [0.4, 0.5) is 0 Å². The van der Waals surface area contributed by atoms with Crippen molar-refractivity contribution in [2.75, 3.05) is 0 Å². The van der Waals surface area contributed by atoms with Crippen LogP contribution in [0.15, 0.2) is 70.0 Å². The Balaban J connectivity index is 2.02. The van der Waals surface area contributed by atoms with Gasteiger partial charge in [0.25, 0.3) is 0 Å². The standard InChI is InChI=1S/C17H10ClNO2/c18-12-5-6-14-11(9-12)7-8-19(14)17-10-15(20)13-3-1-2-4-16(13)21-17/h1-10H. The highest BCUT2D eigenvalue weighted by Gasteiger charge is 2.09. The quantitative estimate of drug-likeness (QED) is 0.522. The third kappa shape index (κ3) is 1.94. The van der Waals surface area contributed by atoms with Gasteiger partial charge in [-0.05, 0) is 36.4 Å². The van der Waals surface area contributed by atoms with Crippen LogP contribution in [0, 0.1) is 0 Å². The molecule has 0 aliphatic rings. The molecule has 4 rings (SSSR count). The van der Waals surface area contributed by atoms with Crippen molar-refractivity contribution in [1.82, 2.24) is 4.57 Å². The molecule has 0 amide bonds. The lowest BCUT2D eigenvalue weighted by Crippen LogP contribution is -2.03. The number of para-hydroxylation sites is 1.